The van der Waals surface area contributed by atoms with E-state index in [-0.39, 0.29) is 11.3 Å². The summed E-state index contributed by atoms with van der Waals surface area (Å²) < 4.78 is 5.55. The van der Waals surface area contributed by atoms with Crippen LogP contribution in [-0.2, 0) is 22.2 Å². The van der Waals surface area contributed by atoms with Crippen molar-refractivity contribution >= 4 is 5.91 Å². The summed E-state index contributed by atoms with van der Waals surface area (Å²) in [6, 6.07) is 28.3. The van der Waals surface area contributed by atoms with Crippen LogP contribution in [0, 0.1) is 0 Å². The first kappa shape index (κ1) is 22.1. The van der Waals surface area contributed by atoms with Crippen molar-refractivity contribution < 1.29 is 9.32 Å². The van der Waals surface area contributed by atoms with E-state index < -0.39 is 5.41 Å². The zero-order chi connectivity index (χ0) is 23.8. The van der Waals surface area contributed by atoms with Crippen LogP contribution >= 0.6 is 0 Å². The molecule has 3 aromatic carbocycles. The SMILES string of the molecule is CC(C)(C)c1ccc(-c2noc(CN3CCC(c4ccccc4)(c4ccccc4)C3=O)n2)cc1. The Morgan fingerprint density at radius 3 is 2.03 bits per heavy atom. The standard InChI is InChI=1S/C29H29N3O2/c1-28(2,3)22-16-14-21(15-17-22)26-30-25(34-31-26)20-32-19-18-29(27(32)33,23-10-6-4-7-11-23)24-12-8-5-9-13-24/h4-17H,18-20H2,1-3H3. The molecule has 172 valence electrons. The van der Waals surface area contributed by atoms with E-state index >= 15 is 0 Å². The van der Waals surface area contributed by atoms with E-state index in [1.54, 1.807) is 0 Å². The van der Waals surface area contributed by atoms with Crippen LogP contribution in [0.3, 0.4) is 0 Å². The molecule has 0 bridgehead atoms. The Morgan fingerprint density at radius 2 is 1.47 bits per heavy atom. The summed E-state index contributed by atoms with van der Waals surface area (Å²) in [7, 11) is 0. The van der Waals surface area contributed by atoms with Gasteiger partial charge in [0.05, 0.1) is 0 Å². The number of amides is 1. The predicted molar refractivity (Wildman–Crippen MR) is 132 cm³/mol. The van der Waals surface area contributed by atoms with Crippen molar-refractivity contribution in [3.63, 3.8) is 0 Å². The second kappa shape index (κ2) is 8.56. The number of hydrogen-bond acceptors (Lipinski definition) is 4. The minimum Gasteiger partial charge on any atom is -0.337 e. The number of nitrogens with zero attached hydrogens (tertiary/aromatic N) is 3. The summed E-state index contributed by atoms with van der Waals surface area (Å²) in [6.07, 6.45) is 0.703. The van der Waals surface area contributed by atoms with Gasteiger partial charge >= 0.3 is 0 Å². The third-order valence-corrected chi connectivity index (χ3v) is 6.75. The number of aromatic nitrogens is 2. The molecule has 0 unspecified atom stereocenters. The van der Waals surface area contributed by atoms with Crippen LogP contribution in [0.15, 0.2) is 89.5 Å². The van der Waals surface area contributed by atoms with Crippen LogP contribution in [0.25, 0.3) is 11.4 Å². The second-order valence-electron chi connectivity index (χ2n) is 9.95. The lowest BCUT2D eigenvalue weighted by molar-refractivity contribution is -0.132. The molecule has 0 N–H and O–H groups in total. The van der Waals surface area contributed by atoms with Crippen LogP contribution in [0.5, 0.6) is 0 Å². The smallest absolute Gasteiger partial charge is 0.246 e. The van der Waals surface area contributed by atoms with Gasteiger partial charge in [-0.1, -0.05) is 111 Å². The maximum atomic E-state index is 13.9. The Kier molecular flexibility index (Phi) is 5.56. The zero-order valence-corrected chi connectivity index (χ0v) is 19.9. The predicted octanol–water partition coefficient (Wildman–Crippen LogP) is 5.75. The van der Waals surface area contributed by atoms with Gasteiger partial charge in [-0.15, -0.1) is 0 Å². The Morgan fingerprint density at radius 1 is 0.882 bits per heavy atom. The highest BCUT2D eigenvalue weighted by molar-refractivity contribution is 5.94. The van der Waals surface area contributed by atoms with Crippen LogP contribution < -0.4 is 0 Å². The quantitative estimate of drug-likeness (QED) is 0.387. The molecule has 1 amide bonds. The van der Waals surface area contributed by atoms with Gasteiger partial charge in [0, 0.05) is 12.1 Å². The molecular weight excluding hydrogens is 422 g/mol. The first-order valence-electron chi connectivity index (χ1n) is 11.7. The Balaban J connectivity index is 1.39. The molecule has 1 aliphatic heterocycles. The zero-order valence-electron chi connectivity index (χ0n) is 19.9. The lowest BCUT2D eigenvalue weighted by Gasteiger charge is -2.29. The fourth-order valence-corrected chi connectivity index (χ4v) is 4.80. The van der Waals surface area contributed by atoms with Gasteiger partial charge in [-0.25, -0.2) is 0 Å². The van der Waals surface area contributed by atoms with E-state index in [0.717, 1.165) is 16.7 Å². The highest BCUT2D eigenvalue weighted by Gasteiger charge is 2.49. The summed E-state index contributed by atoms with van der Waals surface area (Å²) in [5.41, 5.74) is 3.56. The number of carbonyl (C=O) groups is 1. The van der Waals surface area contributed by atoms with E-state index in [0.29, 0.717) is 31.2 Å². The molecule has 1 saturated heterocycles. The number of likely N-dealkylation sites (tertiary alicyclic amines) is 1. The summed E-state index contributed by atoms with van der Waals surface area (Å²) >= 11 is 0. The summed E-state index contributed by atoms with van der Waals surface area (Å²) in [4.78, 5) is 20.3. The molecule has 0 radical (unpaired) electrons. The van der Waals surface area contributed by atoms with Crippen molar-refractivity contribution in [2.75, 3.05) is 6.54 Å². The largest absolute Gasteiger partial charge is 0.337 e. The normalized spacial score (nSPS) is 15.6. The summed E-state index contributed by atoms with van der Waals surface area (Å²) in [5.74, 6) is 1.05. The number of benzene rings is 3. The highest BCUT2D eigenvalue weighted by Crippen LogP contribution is 2.42. The maximum Gasteiger partial charge on any atom is 0.246 e. The topological polar surface area (TPSA) is 59.2 Å². The van der Waals surface area contributed by atoms with Gasteiger partial charge in [-0.05, 0) is 28.5 Å². The molecule has 1 fully saturated rings. The van der Waals surface area contributed by atoms with E-state index in [1.165, 1.54) is 5.56 Å². The molecule has 34 heavy (non-hydrogen) atoms. The minimum atomic E-state index is -0.700. The molecule has 1 aromatic heterocycles. The Labute approximate surface area is 200 Å². The molecule has 4 aromatic rings. The van der Waals surface area contributed by atoms with Crippen molar-refractivity contribution in [2.45, 2.75) is 44.6 Å². The van der Waals surface area contributed by atoms with E-state index in [2.05, 4.69) is 43.0 Å². The summed E-state index contributed by atoms with van der Waals surface area (Å²) in [6.45, 7) is 7.49. The van der Waals surface area contributed by atoms with Gasteiger partial charge in [0.1, 0.15) is 12.0 Å². The lowest BCUT2D eigenvalue weighted by Crippen LogP contribution is -2.38. The van der Waals surface area contributed by atoms with Crippen LogP contribution in [0.4, 0.5) is 0 Å². The van der Waals surface area contributed by atoms with Gasteiger partial charge in [0.25, 0.3) is 0 Å². The van der Waals surface area contributed by atoms with Crippen molar-refractivity contribution in [3.05, 3.63) is 108 Å². The number of hydrogen-bond donors (Lipinski definition) is 0. The van der Waals surface area contributed by atoms with Crippen molar-refractivity contribution in [1.29, 1.82) is 0 Å². The van der Waals surface area contributed by atoms with Crippen LogP contribution in [-0.4, -0.2) is 27.5 Å². The van der Waals surface area contributed by atoms with Gasteiger partial charge < -0.3 is 9.42 Å². The van der Waals surface area contributed by atoms with Gasteiger partial charge in [-0.2, -0.15) is 4.98 Å². The van der Waals surface area contributed by atoms with Gasteiger partial charge in [0.15, 0.2) is 0 Å². The molecule has 5 heteroatoms. The molecule has 0 spiro atoms. The molecular formula is C29H29N3O2. The first-order chi connectivity index (χ1) is 16.4. The van der Waals surface area contributed by atoms with Crippen molar-refractivity contribution in [3.8, 4) is 11.4 Å². The third-order valence-electron chi connectivity index (χ3n) is 6.75. The lowest BCUT2D eigenvalue weighted by atomic mass is 9.73. The molecule has 5 rings (SSSR count). The van der Waals surface area contributed by atoms with Crippen LogP contribution in [0.2, 0.25) is 0 Å². The van der Waals surface area contributed by atoms with Gasteiger partial charge in [-0.3, -0.25) is 4.79 Å². The van der Waals surface area contributed by atoms with E-state index in [1.807, 2.05) is 77.7 Å². The van der Waals surface area contributed by atoms with Crippen molar-refractivity contribution in [1.82, 2.24) is 15.0 Å². The van der Waals surface area contributed by atoms with E-state index in [9.17, 15) is 4.79 Å². The Bertz CT molecular complexity index is 1230. The monoisotopic (exact) mass is 451 g/mol. The Hall–Kier alpha value is -3.73. The number of carbonyl (C=O) groups excluding carboxylic acids is 1. The molecule has 5 nitrogen and oxygen atoms in total. The second-order valence-corrected chi connectivity index (χ2v) is 9.95. The molecule has 2 heterocycles. The maximum absolute atomic E-state index is 13.9. The average Bonchev–Trinajstić information content (AvgIpc) is 3.45. The molecule has 0 saturated carbocycles. The fraction of sp³-hybridized carbons (Fsp3) is 0.276. The fourth-order valence-electron chi connectivity index (χ4n) is 4.80. The third kappa shape index (κ3) is 3.92. The number of rotatable bonds is 5. The molecule has 1 aliphatic rings. The van der Waals surface area contributed by atoms with E-state index in [4.69, 9.17) is 4.52 Å². The molecule has 0 aliphatic carbocycles. The average molecular weight is 452 g/mol. The molecule has 0 atom stereocenters. The summed E-state index contributed by atoms with van der Waals surface area (Å²) in [5, 5.41) is 4.17. The van der Waals surface area contributed by atoms with Gasteiger partial charge in [0.2, 0.25) is 17.6 Å². The van der Waals surface area contributed by atoms with Crippen LogP contribution in [0.1, 0.15) is 49.8 Å². The minimum absolute atomic E-state index is 0.0687. The van der Waals surface area contributed by atoms with Crippen molar-refractivity contribution in [2.24, 2.45) is 0 Å². The highest BCUT2D eigenvalue weighted by atomic mass is 16.5. The first-order valence-corrected chi connectivity index (χ1v) is 11.7.